The largest absolute Gasteiger partial charge is 0.481 e. The molecular formula is C19H28N2O5S. The molecule has 1 saturated carbocycles. The quantitative estimate of drug-likeness (QED) is 0.613. The second-order valence-electron chi connectivity index (χ2n) is 7.12. The van der Waals surface area contributed by atoms with E-state index >= 15 is 0 Å². The molecule has 3 N–H and O–H groups in total. The Kier molecular flexibility index (Phi) is 7.38. The lowest BCUT2D eigenvalue weighted by Crippen LogP contribution is -2.42. The molecule has 8 heteroatoms. The smallest absolute Gasteiger partial charge is 0.308 e. The lowest BCUT2D eigenvalue weighted by atomic mass is 9.94. The van der Waals surface area contributed by atoms with Crippen molar-refractivity contribution in [2.24, 2.45) is 5.92 Å². The highest BCUT2D eigenvalue weighted by Crippen LogP contribution is 2.24. The SMILES string of the molecule is CCC(C)NS(=O)(=O)c1ccc(C(=O)N[C@H]2CCCCC[C@H]2C(=O)O)cc1. The Morgan fingerprint density at radius 1 is 1.15 bits per heavy atom. The van der Waals surface area contributed by atoms with Crippen molar-refractivity contribution < 1.29 is 23.1 Å². The fraction of sp³-hybridized carbons (Fsp3) is 0.579. The monoisotopic (exact) mass is 396 g/mol. The van der Waals surface area contributed by atoms with Crippen molar-refractivity contribution in [1.82, 2.24) is 10.0 Å². The summed E-state index contributed by atoms with van der Waals surface area (Å²) in [5, 5.41) is 12.2. The minimum Gasteiger partial charge on any atom is -0.481 e. The zero-order valence-electron chi connectivity index (χ0n) is 15.8. The highest BCUT2D eigenvalue weighted by molar-refractivity contribution is 7.89. The molecular weight excluding hydrogens is 368 g/mol. The summed E-state index contributed by atoms with van der Waals surface area (Å²) in [4.78, 5) is 24.1. The van der Waals surface area contributed by atoms with E-state index in [0.717, 1.165) is 19.3 Å². The molecule has 1 fully saturated rings. The minimum absolute atomic E-state index is 0.0947. The first-order valence-electron chi connectivity index (χ1n) is 9.40. The minimum atomic E-state index is -3.63. The van der Waals surface area contributed by atoms with E-state index in [0.29, 0.717) is 24.8 Å². The number of hydrogen-bond donors (Lipinski definition) is 3. The first-order chi connectivity index (χ1) is 12.7. The van der Waals surface area contributed by atoms with Crippen LogP contribution in [0.1, 0.15) is 62.7 Å². The molecule has 1 aliphatic rings. The second kappa shape index (κ2) is 9.32. The van der Waals surface area contributed by atoms with Crippen LogP contribution in [0.25, 0.3) is 0 Å². The Hall–Kier alpha value is -1.93. The number of hydrogen-bond acceptors (Lipinski definition) is 4. The van der Waals surface area contributed by atoms with Crippen LogP contribution in [-0.4, -0.2) is 37.5 Å². The number of rotatable bonds is 7. The third-order valence-electron chi connectivity index (χ3n) is 5.05. The van der Waals surface area contributed by atoms with Gasteiger partial charge in [0.15, 0.2) is 0 Å². The number of sulfonamides is 1. The first kappa shape index (κ1) is 21.4. The first-order valence-corrected chi connectivity index (χ1v) is 10.9. The van der Waals surface area contributed by atoms with E-state index in [1.807, 2.05) is 6.92 Å². The molecule has 1 aromatic rings. The van der Waals surface area contributed by atoms with E-state index in [4.69, 9.17) is 0 Å². The van der Waals surface area contributed by atoms with Gasteiger partial charge in [0.25, 0.3) is 5.91 Å². The maximum absolute atomic E-state index is 12.5. The van der Waals surface area contributed by atoms with Gasteiger partial charge in [-0.3, -0.25) is 9.59 Å². The van der Waals surface area contributed by atoms with Crippen molar-refractivity contribution >= 4 is 21.9 Å². The summed E-state index contributed by atoms with van der Waals surface area (Å²) in [6, 6.07) is 5.09. The predicted octanol–water partition coefficient (Wildman–Crippen LogP) is 2.53. The van der Waals surface area contributed by atoms with Gasteiger partial charge < -0.3 is 10.4 Å². The molecule has 27 heavy (non-hydrogen) atoms. The summed E-state index contributed by atoms with van der Waals surface area (Å²) in [5.41, 5.74) is 0.311. The van der Waals surface area contributed by atoms with E-state index in [2.05, 4.69) is 10.0 Å². The lowest BCUT2D eigenvalue weighted by molar-refractivity contribution is -0.142. The highest BCUT2D eigenvalue weighted by Gasteiger charge is 2.30. The van der Waals surface area contributed by atoms with E-state index in [1.165, 1.54) is 24.3 Å². The van der Waals surface area contributed by atoms with Gasteiger partial charge in [-0.1, -0.05) is 26.2 Å². The number of amides is 1. The summed E-state index contributed by atoms with van der Waals surface area (Å²) in [7, 11) is -3.63. The zero-order chi connectivity index (χ0) is 20.0. The number of carboxylic acid groups (broad SMARTS) is 1. The molecule has 1 aliphatic carbocycles. The Labute approximate surface area is 160 Å². The summed E-state index contributed by atoms with van der Waals surface area (Å²) >= 11 is 0. The van der Waals surface area contributed by atoms with Crippen LogP contribution in [0, 0.1) is 5.92 Å². The standard InChI is InChI=1S/C19H28N2O5S/c1-3-13(2)21-27(25,26)15-11-9-14(10-12-15)18(22)20-17-8-6-4-5-7-16(17)19(23)24/h9-13,16-17,21H,3-8H2,1-2H3,(H,20,22)(H,23,24)/t13?,16-,17+/m1/s1. The molecule has 3 atom stereocenters. The summed E-state index contributed by atoms with van der Waals surface area (Å²) in [6.45, 7) is 3.67. The maximum Gasteiger partial charge on any atom is 0.308 e. The van der Waals surface area contributed by atoms with Gasteiger partial charge in [0.1, 0.15) is 0 Å². The van der Waals surface area contributed by atoms with Crippen LogP contribution in [0.2, 0.25) is 0 Å². The summed E-state index contributed by atoms with van der Waals surface area (Å²) < 4.78 is 27.1. The molecule has 0 heterocycles. The predicted molar refractivity (Wildman–Crippen MR) is 102 cm³/mol. The Morgan fingerprint density at radius 3 is 2.37 bits per heavy atom. The van der Waals surface area contributed by atoms with Gasteiger partial charge in [0.2, 0.25) is 10.0 Å². The van der Waals surface area contributed by atoms with Crippen molar-refractivity contribution in [2.75, 3.05) is 0 Å². The van der Waals surface area contributed by atoms with Gasteiger partial charge in [0, 0.05) is 17.6 Å². The number of carbonyl (C=O) groups is 2. The van der Waals surface area contributed by atoms with Gasteiger partial charge >= 0.3 is 5.97 Å². The number of aliphatic carboxylic acids is 1. The van der Waals surface area contributed by atoms with Crippen molar-refractivity contribution in [1.29, 1.82) is 0 Å². The molecule has 0 radical (unpaired) electrons. The average molecular weight is 397 g/mol. The third kappa shape index (κ3) is 5.77. The van der Waals surface area contributed by atoms with Crippen LogP contribution in [0.4, 0.5) is 0 Å². The molecule has 1 amide bonds. The number of nitrogens with one attached hydrogen (secondary N) is 2. The van der Waals surface area contributed by atoms with Gasteiger partial charge in [-0.05, 0) is 50.5 Å². The normalized spacial score (nSPS) is 21.9. The topological polar surface area (TPSA) is 113 Å². The van der Waals surface area contributed by atoms with Crippen LogP contribution >= 0.6 is 0 Å². The maximum atomic E-state index is 12.5. The van der Waals surface area contributed by atoms with Gasteiger partial charge in [-0.25, -0.2) is 13.1 Å². The molecule has 0 saturated heterocycles. The van der Waals surface area contributed by atoms with Crippen LogP contribution < -0.4 is 10.0 Å². The van der Waals surface area contributed by atoms with Crippen LogP contribution in [0.15, 0.2) is 29.2 Å². The molecule has 0 aromatic heterocycles. The Bertz CT molecular complexity index is 761. The lowest BCUT2D eigenvalue weighted by Gasteiger charge is -2.23. The van der Waals surface area contributed by atoms with E-state index in [9.17, 15) is 23.1 Å². The second-order valence-corrected chi connectivity index (χ2v) is 8.83. The summed E-state index contributed by atoms with van der Waals surface area (Å²) in [5.74, 6) is -1.86. The van der Waals surface area contributed by atoms with E-state index in [1.54, 1.807) is 6.92 Å². The van der Waals surface area contributed by atoms with Gasteiger partial charge in [-0.15, -0.1) is 0 Å². The van der Waals surface area contributed by atoms with Crippen molar-refractivity contribution in [3.8, 4) is 0 Å². The van der Waals surface area contributed by atoms with E-state index in [-0.39, 0.29) is 16.8 Å². The Morgan fingerprint density at radius 2 is 1.78 bits per heavy atom. The van der Waals surface area contributed by atoms with Crippen LogP contribution in [-0.2, 0) is 14.8 Å². The zero-order valence-corrected chi connectivity index (χ0v) is 16.6. The molecule has 2 rings (SSSR count). The number of benzene rings is 1. The van der Waals surface area contributed by atoms with Crippen molar-refractivity contribution in [3.63, 3.8) is 0 Å². The Balaban J connectivity index is 2.09. The van der Waals surface area contributed by atoms with Gasteiger partial charge in [0.05, 0.1) is 10.8 Å². The van der Waals surface area contributed by atoms with E-state index < -0.39 is 28.0 Å². The molecule has 1 unspecified atom stereocenters. The fourth-order valence-corrected chi connectivity index (χ4v) is 4.56. The van der Waals surface area contributed by atoms with Gasteiger partial charge in [-0.2, -0.15) is 0 Å². The molecule has 0 bridgehead atoms. The third-order valence-corrected chi connectivity index (χ3v) is 6.65. The van der Waals surface area contributed by atoms with Crippen LogP contribution in [0.5, 0.6) is 0 Å². The highest BCUT2D eigenvalue weighted by atomic mass is 32.2. The molecule has 150 valence electrons. The number of carbonyl (C=O) groups excluding carboxylic acids is 1. The fourth-order valence-electron chi connectivity index (χ4n) is 3.23. The van der Waals surface area contributed by atoms with Crippen molar-refractivity contribution in [3.05, 3.63) is 29.8 Å². The molecule has 1 aromatic carbocycles. The van der Waals surface area contributed by atoms with Crippen LogP contribution in [0.3, 0.4) is 0 Å². The summed E-state index contributed by atoms with van der Waals surface area (Å²) in [6.07, 6.45) is 4.55. The number of carboxylic acids is 1. The molecule has 0 aliphatic heterocycles. The average Bonchev–Trinajstić information content (AvgIpc) is 2.87. The van der Waals surface area contributed by atoms with Crippen molar-refractivity contribution in [2.45, 2.75) is 69.4 Å². The molecule has 7 nitrogen and oxygen atoms in total. The molecule has 0 spiro atoms.